The maximum atomic E-state index is 11.7. The van der Waals surface area contributed by atoms with Crippen LogP contribution in [0.4, 0.5) is 0 Å². The molecule has 3 atom stereocenters. The van der Waals surface area contributed by atoms with Crippen molar-refractivity contribution in [1.29, 1.82) is 0 Å². The molecule has 0 amide bonds. The van der Waals surface area contributed by atoms with Gasteiger partial charge in [-0.25, -0.2) is 0 Å². The van der Waals surface area contributed by atoms with Crippen LogP contribution in [0, 0.1) is 0 Å². The maximum absolute atomic E-state index is 11.7. The highest BCUT2D eigenvalue weighted by Gasteiger charge is 2.39. The summed E-state index contributed by atoms with van der Waals surface area (Å²) in [6.45, 7) is 0.601. The van der Waals surface area contributed by atoms with Gasteiger partial charge in [0.15, 0.2) is 5.78 Å². The molecular weight excluding hydrogens is 228 g/mol. The average Bonchev–Trinajstić information content (AvgIpc) is 2.83. The van der Waals surface area contributed by atoms with Gasteiger partial charge in [-0.1, -0.05) is 30.3 Å². The molecular formula is C15H18O3. The lowest BCUT2D eigenvalue weighted by atomic mass is 9.97. The second-order valence-corrected chi connectivity index (χ2v) is 5.08. The topological polar surface area (TPSA) is 35.5 Å². The van der Waals surface area contributed by atoms with Gasteiger partial charge < -0.3 is 9.47 Å². The molecule has 3 rings (SSSR count). The molecule has 0 unspecified atom stereocenters. The molecule has 2 saturated heterocycles. The summed E-state index contributed by atoms with van der Waals surface area (Å²) in [6.07, 6.45) is 3.25. The van der Waals surface area contributed by atoms with Crippen molar-refractivity contribution in [1.82, 2.24) is 0 Å². The van der Waals surface area contributed by atoms with E-state index >= 15 is 0 Å². The molecule has 0 radical (unpaired) electrons. The summed E-state index contributed by atoms with van der Waals surface area (Å²) in [4.78, 5) is 11.7. The molecule has 0 spiro atoms. The van der Waals surface area contributed by atoms with Crippen molar-refractivity contribution in [2.24, 2.45) is 0 Å². The standard InChI is InChI=1S/C15H18O3/c16-12-6-7-14(15-9-8-13(12)18-15)17-10-11-4-2-1-3-5-11/h1-5,13-15H,6-10H2/t13-,14+,15+/m0/s1. The van der Waals surface area contributed by atoms with Crippen LogP contribution in [0.25, 0.3) is 0 Å². The molecule has 0 aliphatic carbocycles. The van der Waals surface area contributed by atoms with Gasteiger partial charge in [-0.2, -0.15) is 0 Å². The number of ketones is 1. The molecule has 2 bridgehead atoms. The fourth-order valence-corrected chi connectivity index (χ4v) is 2.77. The molecule has 3 heteroatoms. The normalized spacial score (nSPS) is 31.3. The minimum absolute atomic E-state index is 0.0710. The quantitative estimate of drug-likeness (QED) is 0.822. The molecule has 1 aromatic carbocycles. The number of Topliss-reactive ketones (excluding diaryl/α,β-unsaturated/α-hetero) is 1. The fraction of sp³-hybridized carbons (Fsp3) is 0.533. The number of hydrogen-bond donors (Lipinski definition) is 0. The van der Waals surface area contributed by atoms with Gasteiger partial charge >= 0.3 is 0 Å². The monoisotopic (exact) mass is 246 g/mol. The highest BCUT2D eigenvalue weighted by atomic mass is 16.6. The van der Waals surface area contributed by atoms with Crippen molar-refractivity contribution in [3.05, 3.63) is 35.9 Å². The van der Waals surface area contributed by atoms with Crippen LogP contribution in [-0.2, 0) is 20.9 Å². The molecule has 2 fully saturated rings. The zero-order valence-electron chi connectivity index (χ0n) is 10.4. The van der Waals surface area contributed by atoms with Crippen molar-refractivity contribution in [3.8, 4) is 0 Å². The van der Waals surface area contributed by atoms with Crippen LogP contribution in [0.15, 0.2) is 30.3 Å². The number of hydrogen-bond acceptors (Lipinski definition) is 3. The van der Waals surface area contributed by atoms with Gasteiger partial charge in [0.25, 0.3) is 0 Å². The van der Waals surface area contributed by atoms with E-state index in [1.165, 1.54) is 5.56 Å². The van der Waals surface area contributed by atoms with Gasteiger partial charge in [0, 0.05) is 6.42 Å². The Kier molecular flexibility index (Phi) is 3.43. The van der Waals surface area contributed by atoms with E-state index in [1.807, 2.05) is 18.2 Å². The van der Waals surface area contributed by atoms with Crippen molar-refractivity contribution in [2.75, 3.05) is 0 Å². The summed E-state index contributed by atoms with van der Waals surface area (Å²) in [5.41, 5.74) is 1.17. The lowest BCUT2D eigenvalue weighted by Gasteiger charge is -2.21. The zero-order valence-corrected chi connectivity index (χ0v) is 10.4. The van der Waals surface area contributed by atoms with Gasteiger partial charge in [0.05, 0.1) is 18.8 Å². The molecule has 0 aromatic heterocycles. The number of rotatable bonds is 3. The minimum Gasteiger partial charge on any atom is -0.371 e. The predicted octanol–water partition coefficient (Wildman–Crippen LogP) is 2.48. The van der Waals surface area contributed by atoms with Crippen LogP contribution >= 0.6 is 0 Å². The highest BCUT2D eigenvalue weighted by Crippen LogP contribution is 2.31. The highest BCUT2D eigenvalue weighted by molar-refractivity contribution is 5.83. The summed E-state index contributed by atoms with van der Waals surface area (Å²) >= 11 is 0. The summed E-state index contributed by atoms with van der Waals surface area (Å²) in [7, 11) is 0. The third-order valence-corrected chi connectivity index (χ3v) is 3.81. The zero-order chi connectivity index (χ0) is 12.4. The van der Waals surface area contributed by atoms with Crippen LogP contribution < -0.4 is 0 Å². The molecule has 18 heavy (non-hydrogen) atoms. The maximum Gasteiger partial charge on any atom is 0.161 e. The Morgan fingerprint density at radius 2 is 2.00 bits per heavy atom. The largest absolute Gasteiger partial charge is 0.371 e. The van der Waals surface area contributed by atoms with Crippen molar-refractivity contribution in [2.45, 2.75) is 50.6 Å². The summed E-state index contributed by atoms with van der Waals surface area (Å²) in [5.74, 6) is 0.253. The third kappa shape index (κ3) is 2.47. The van der Waals surface area contributed by atoms with E-state index in [-0.39, 0.29) is 24.1 Å². The Morgan fingerprint density at radius 3 is 2.83 bits per heavy atom. The van der Waals surface area contributed by atoms with E-state index in [0.717, 1.165) is 19.3 Å². The SMILES string of the molecule is O=C1CC[C@@H](OCc2ccccc2)[C@H]2CC[C@@H]1O2. The first kappa shape index (κ1) is 11.9. The van der Waals surface area contributed by atoms with Crippen LogP contribution in [0.1, 0.15) is 31.2 Å². The Labute approximate surface area is 107 Å². The Balaban J connectivity index is 1.61. The predicted molar refractivity (Wildman–Crippen MR) is 67.2 cm³/mol. The van der Waals surface area contributed by atoms with Crippen LogP contribution in [0.2, 0.25) is 0 Å². The van der Waals surface area contributed by atoms with Crippen molar-refractivity contribution in [3.63, 3.8) is 0 Å². The van der Waals surface area contributed by atoms with Crippen LogP contribution in [-0.4, -0.2) is 24.1 Å². The smallest absolute Gasteiger partial charge is 0.161 e. The van der Waals surface area contributed by atoms with E-state index in [2.05, 4.69) is 12.1 Å². The number of ether oxygens (including phenoxy) is 2. The molecule has 3 nitrogen and oxygen atoms in total. The molecule has 0 N–H and O–H groups in total. The Hall–Kier alpha value is -1.19. The minimum atomic E-state index is -0.152. The fourth-order valence-electron chi connectivity index (χ4n) is 2.77. The molecule has 2 aliphatic rings. The first-order valence-electron chi connectivity index (χ1n) is 6.66. The Morgan fingerprint density at radius 1 is 1.17 bits per heavy atom. The molecule has 96 valence electrons. The van der Waals surface area contributed by atoms with E-state index in [9.17, 15) is 4.79 Å². The van der Waals surface area contributed by atoms with Gasteiger partial charge in [-0.15, -0.1) is 0 Å². The average molecular weight is 246 g/mol. The first-order valence-corrected chi connectivity index (χ1v) is 6.66. The van der Waals surface area contributed by atoms with Gasteiger partial charge in [-0.3, -0.25) is 4.79 Å². The summed E-state index contributed by atoms with van der Waals surface area (Å²) in [5, 5.41) is 0. The van der Waals surface area contributed by atoms with Crippen molar-refractivity contribution < 1.29 is 14.3 Å². The molecule has 0 saturated carbocycles. The molecule has 2 heterocycles. The van der Waals surface area contributed by atoms with Crippen LogP contribution in [0.3, 0.4) is 0 Å². The Bertz CT molecular complexity index is 415. The van der Waals surface area contributed by atoms with E-state index in [0.29, 0.717) is 13.0 Å². The third-order valence-electron chi connectivity index (χ3n) is 3.81. The number of carbonyl (C=O) groups is 1. The lowest BCUT2D eigenvalue weighted by molar-refractivity contribution is -0.129. The van der Waals surface area contributed by atoms with E-state index in [4.69, 9.17) is 9.47 Å². The lowest BCUT2D eigenvalue weighted by Crippen LogP contribution is -2.27. The first-order chi connectivity index (χ1) is 8.83. The second-order valence-electron chi connectivity index (χ2n) is 5.08. The number of benzene rings is 1. The van der Waals surface area contributed by atoms with Gasteiger partial charge in [0.1, 0.15) is 6.10 Å². The molecule has 2 aliphatic heterocycles. The van der Waals surface area contributed by atoms with Crippen LogP contribution in [0.5, 0.6) is 0 Å². The van der Waals surface area contributed by atoms with Crippen molar-refractivity contribution >= 4 is 5.78 Å². The van der Waals surface area contributed by atoms with E-state index < -0.39 is 0 Å². The second kappa shape index (κ2) is 5.21. The summed E-state index contributed by atoms with van der Waals surface area (Å²) < 4.78 is 11.7. The van der Waals surface area contributed by atoms with Gasteiger partial charge in [0.2, 0.25) is 0 Å². The van der Waals surface area contributed by atoms with Gasteiger partial charge in [-0.05, 0) is 24.8 Å². The number of fused-ring (bicyclic) bond motifs is 2. The summed E-state index contributed by atoms with van der Waals surface area (Å²) in [6, 6.07) is 10.1. The molecule has 1 aromatic rings. The number of carbonyl (C=O) groups excluding carboxylic acids is 1. The van der Waals surface area contributed by atoms with E-state index in [1.54, 1.807) is 0 Å².